The molecule has 1 atom stereocenters. The molecule has 3 rings (SSSR count). The van der Waals surface area contributed by atoms with E-state index in [0.29, 0.717) is 24.5 Å². The first-order valence-electron chi connectivity index (χ1n) is 8.66. The molecule has 7 nitrogen and oxygen atoms in total. The van der Waals surface area contributed by atoms with Gasteiger partial charge >= 0.3 is 6.18 Å². The van der Waals surface area contributed by atoms with E-state index >= 15 is 0 Å². The van der Waals surface area contributed by atoms with Crippen LogP contribution in [0.5, 0.6) is 5.75 Å². The maximum absolute atomic E-state index is 13.4. The number of carbonyl (C=O) groups excluding carboxylic acids is 2. The van der Waals surface area contributed by atoms with Gasteiger partial charge in [-0.2, -0.15) is 13.2 Å². The van der Waals surface area contributed by atoms with Gasteiger partial charge < -0.3 is 15.4 Å². The van der Waals surface area contributed by atoms with E-state index in [9.17, 15) is 22.8 Å². The molecule has 2 aliphatic rings. The minimum atomic E-state index is -4.45. The van der Waals surface area contributed by atoms with Crippen molar-refractivity contribution in [2.45, 2.75) is 12.2 Å². The van der Waals surface area contributed by atoms with Crippen LogP contribution >= 0.6 is 12.4 Å². The Morgan fingerprint density at radius 1 is 1.25 bits per heavy atom. The molecule has 2 N–H and O–H groups in total. The molecule has 11 heteroatoms. The van der Waals surface area contributed by atoms with E-state index in [1.165, 1.54) is 9.80 Å². The molecule has 0 aromatic heterocycles. The Morgan fingerprint density at radius 2 is 1.93 bits per heavy atom. The van der Waals surface area contributed by atoms with Crippen LogP contribution in [0.2, 0.25) is 0 Å². The lowest BCUT2D eigenvalue weighted by molar-refractivity contribution is -0.184. The molecule has 1 unspecified atom stereocenters. The number of ether oxygens (including phenoxy) is 1. The summed E-state index contributed by atoms with van der Waals surface area (Å²) < 4.78 is 45.4. The van der Waals surface area contributed by atoms with Gasteiger partial charge in [-0.15, -0.1) is 12.4 Å². The second-order valence-electron chi connectivity index (χ2n) is 6.38. The van der Waals surface area contributed by atoms with Crippen LogP contribution in [0.15, 0.2) is 24.3 Å². The average Bonchev–Trinajstić information content (AvgIpc) is 2.64. The van der Waals surface area contributed by atoms with Crippen molar-refractivity contribution in [1.82, 2.24) is 15.5 Å². The third-order valence-electron chi connectivity index (χ3n) is 4.57. The fraction of sp³-hybridized carbons (Fsp3) is 0.529. The van der Waals surface area contributed by atoms with Crippen LogP contribution in [0.3, 0.4) is 0 Å². The lowest BCUT2D eigenvalue weighted by Gasteiger charge is -2.36. The molecule has 2 heterocycles. The quantitative estimate of drug-likeness (QED) is 0.734. The standard InChI is InChI=1S/C17H21F3N4O3.ClH/c18-17(19,20)14(23-7-5-21-6-8-23)9-22-15(25)10-24-12-3-1-2-4-13(12)27-11-16(24)26;/h1-4,14,21H,5-11H2,(H,22,25);1H. The van der Waals surface area contributed by atoms with E-state index in [1.807, 2.05) is 0 Å². The predicted molar refractivity (Wildman–Crippen MR) is 98.8 cm³/mol. The molecule has 156 valence electrons. The Bertz CT molecular complexity index is 698. The SMILES string of the molecule is Cl.O=C(CN1C(=O)COc2ccccc21)NCC(N1CCNCC1)C(F)(F)F. The van der Waals surface area contributed by atoms with Gasteiger partial charge in [-0.25, -0.2) is 0 Å². The highest BCUT2D eigenvalue weighted by atomic mass is 35.5. The number of halogens is 4. The summed E-state index contributed by atoms with van der Waals surface area (Å²) in [6.45, 7) is 0.341. The third kappa shape index (κ3) is 5.27. The first-order chi connectivity index (χ1) is 12.9. The highest BCUT2D eigenvalue weighted by molar-refractivity contribution is 6.02. The number of alkyl halides is 3. The normalized spacial score (nSPS) is 18.5. The molecule has 1 saturated heterocycles. The van der Waals surface area contributed by atoms with Gasteiger partial charge in [0.05, 0.1) is 5.69 Å². The molecule has 1 aromatic rings. The average molecular weight is 423 g/mol. The highest BCUT2D eigenvalue weighted by Crippen LogP contribution is 2.31. The molecule has 28 heavy (non-hydrogen) atoms. The number of hydrogen-bond donors (Lipinski definition) is 2. The largest absolute Gasteiger partial charge is 0.482 e. The Labute approximate surface area is 166 Å². The molecule has 0 aliphatic carbocycles. The zero-order valence-electron chi connectivity index (χ0n) is 15.0. The van der Waals surface area contributed by atoms with Crippen molar-refractivity contribution < 1.29 is 27.5 Å². The zero-order valence-corrected chi connectivity index (χ0v) is 15.8. The third-order valence-corrected chi connectivity index (χ3v) is 4.57. The Kier molecular flexibility index (Phi) is 7.50. The van der Waals surface area contributed by atoms with Gasteiger partial charge in [0, 0.05) is 32.7 Å². The smallest absolute Gasteiger partial charge is 0.405 e. The van der Waals surface area contributed by atoms with Crippen LogP contribution in [0.1, 0.15) is 0 Å². The van der Waals surface area contributed by atoms with Gasteiger partial charge in [0.2, 0.25) is 5.91 Å². The Balaban J connectivity index is 0.00000280. The molecule has 0 radical (unpaired) electrons. The first kappa shape index (κ1) is 22.3. The summed E-state index contributed by atoms with van der Waals surface area (Å²) in [5.41, 5.74) is 0.429. The van der Waals surface area contributed by atoms with Crippen LogP contribution in [-0.2, 0) is 9.59 Å². The maximum Gasteiger partial charge on any atom is 0.405 e. The summed E-state index contributed by atoms with van der Waals surface area (Å²) in [6, 6.07) is 4.95. The number of rotatable bonds is 5. The first-order valence-corrected chi connectivity index (χ1v) is 8.66. The van der Waals surface area contributed by atoms with E-state index in [2.05, 4.69) is 10.6 Å². The van der Waals surface area contributed by atoms with Gasteiger partial charge in [0.15, 0.2) is 6.61 Å². The predicted octanol–water partition coefficient (Wildman–Crippen LogP) is 0.786. The number of fused-ring (bicyclic) bond motifs is 1. The molecule has 2 amide bonds. The number of hydrogen-bond acceptors (Lipinski definition) is 5. The zero-order chi connectivity index (χ0) is 19.4. The number of amides is 2. The minimum Gasteiger partial charge on any atom is -0.482 e. The van der Waals surface area contributed by atoms with Crippen molar-refractivity contribution >= 4 is 29.9 Å². The van der Waals surface area contributed by atoms with Crippen molar-refractivity contribution in [3.8, 4) is 5.75 Å². The van der Waals surface area contributed by atoms with E-state index in [4.69, 9.17) is 4.74 Å². The van der Waals surface area contributed by atoms with E-state index in [-0.39, 0.29) is 38.6 Å². The van der Waals surface area contributed by atoms with Crippen LogP contribution in [-0.4, -0.2) is 74.8 Å². The number of anilines is 1. The second-order valence-corrected chi connectivity index (χ2v) is 6.38. The number of piperazine rings is 1. The molecule has 0 saturated carbocycles. The Morgan fingerprint density at radius 3 is 2.61 bits per heavy atom. The number of benzene rings is 1. The molecule has 2 aliphatic heterocycles. The summed E-state index contributed by atoms with van der Waals surface area (Å²) in [5.74, 6) is -0.610. The topological polar surface area (TPSA) is 73.9 Å². The molecule has 1 fully saturated rings. The number of nitrogens with one attached hydrogen (secondary N) is 2. The van der Waals surface area contributed by atoms with Gasteiger partial charge in [0.1, 0.15) is 18.3 Å². The molecular weight excluding hydrogens is 401 g/mol. The summed E-state index contributed by atoms with van der Waals surface area (Å²) >= 11 is 0. The van der Waals surface area contributed by atoms with E-state index in [0.717, 1.165) is 0 Å². The fourth-order valence-corrected chi connectivity index (χ4v) is 3.18. The van der Waals surface area contributed by atoms with Gasteiger partial charge in [-0.3, -0.25) is 19.4 Å². The summed E-state index contributed by atoms with van der Waals surface area (Å²) in [6.07, 6.45) is -4.45. The van der Waals surface area contributed by atoms with Gasteiger partial charge in [-0.1, -0.05) is 12.1 Å². The summed E-state index contributed by atoms with van der Waals surface area (Å²) in [5, 5.41) is 5.33. The van der Waals surface area contributed by atoms with Crippen LogP contribution < -0.4 is 20.3 Å². The molecule has 0 bridgehead atoms. The molecule has 0 spiro atoms. The van der Waals surface area contributed by atoms with Crippen LogP contribution in [0.4, 0.5) is 18.9 Å². The maximum atomic E-state index is 13.4. The molecule has 1 aromatic carbocycles. The highest BCUT2D eigenvalue weighted by Gasteiger charge is 2.44. The minimum absolute atomic E-state index is 0. The molecular formula is C17H22ClF3N4O3. The van der Waals surface area contributed by atoms with Crippen molar-refractivity contribution in [2.24, 2.45) is 0 Å². The van der Waals surface area contributed by atoms with Crippen LogP contribution in [0.25, 0.3) is 0 Å². The lowest BCUT2D eigenvalue weighted by Crippen LogP contribution is -2.58. The monoisotopic (exact) mass is 422 g/mol. The summed E-state index contributed by atoms with van der Waals surface area (Å²) in [7, 11) is 0. The van der Waals surface area contributed by atoms with E-state index < -0.39 is 30.6 Å². The number of carbonyl (C=O) groups is 2. The van der Waals surface area contributed by atoms with Crippen molar-refractivity contribution in [3.63, 3.8) is 0 Å². The van der Waals surface area contributed by atoms with Crippen molar-refractivity contribution in [3.05, 3.63) is 24.3 Å². The number of para-hydroxylation sites is 2. The van der Waals surface area contributed by atoms with Crippen molar-refractivity contribution in [2.75, 3.05) is 50.8 Å². The Hall–Kier alpha value is -2.04. The fourth-order valence-electron chi connectivity index (χ4n) is 3.18. The van der Waals surface area contributed by atoms with Crippen LogP contribution in [0, 0.1) is 0 Å². The summed E-state index contributed by atoms with van der Waals surface area (Å²) in [4.78, 5) is 26.8. The van der Waals surface area contributed by atoms with E-state index in [1.54, 1.807) is 24.3 Å². The van der Waals surface area contributed by atoms with Crippen molar-refractivity contribution in [1.29, 1.82) is 0 Å². The van der Waals surface area contributed by atoms with Gasteiger partial charge in [-0.05, 0) is 12.1 Å². The lowest BCUT2D eigenvalue weighted by atomic mass is 10.2. The van der Waals surface area contributed by atoms with Gasteiger partial charge in [0.25, 0.3) is 5.91 Å². The number of nitrogens with zero attached hydrogens (tertiary/aromatic N) is 2. The second kappa shape index (κ2) is 9.44.